The lowest BCUT2D eigenvalue weighted by Gasteiger charge is -2.22. The van der Waals surface area contributed by atoms with E-state index >= 15 is 0 Å². The Bertz CT molecular complexity index is 5330. The Morgan fingerprint density at radius 1 is 0.361 bits per heavy atom. The Kier molecular flexibility index (Phi) is 32.2. The van der Waals surface area contributed by atoms with E-state index in [-0.39, 0.29) is 105 Å². The Balaban J connectivity index is 0.602. The van der Waals surface area contributed by atoms with E-state index in [0.717, 1.165) is 109 Å². The van der Waals surface area contributed by atoms with Crippen molar-refractivity contribution in [2.24, 2.45) is 0 Å². The number of likely N-dealkylation sites (N-methyl/N-ethyl adjacent to an activating group) is 1. The zero-order chi connectivity index (χ0) is 82.9. The second-order valence-electron chi connectivity index (χ2n) is 28.8. The predicted molar refractivity (Wildman–Crippen MR) is 458 cm³/mol. The van der Waals surface area contributed by atoms with Gasteiger partial charge < -0.3 is 31.5 Å². The normalized spacial score (nSPS) is 11.3. The maximum Gasteiger partial charge on any atom is 0.267 e. The average Bonchev–Trinajstić information content (AvgIpc) is 1.72. The average molecular weight is 1680 g/mol. The van der Waals surface area contributed by atoms with Gasteiger partial charge in [0, 0.05) is 54.4 Å². The van der Waals surface area contributed by atoms with Gasteiger partial charge in [-0.1, -0.05) is 166 Å². The first-order chi connectivity index (χ1) is 58.0. The molecule has 5 aromatic carbocycles. The van der Waals surface area contributed by atoms with Gasteiger partial charge >= 0.3 is 0 Å². The van der Waals surface area contributed by atoms with Gasteiger partial charge in [-0.15, -0.1) is 36.8 Å². The quantitative estimate of drug-likeness (QED) is 0.0138. The second kappa shape index (κ2) is 44.7. The summed E-state index contributed by atoms with van der Waals surface area (Å²) in [5, 5.41) is 70.2. The van der Waals surface area contributed by atoms with Crippen molar-refractivity contribution < 1.29 is 47.7 Å². The lowest BCUT2D eigenvalue weighted by Crippen LogP contribution is -2.50. The van der Waals surface area contributed by atoms with Crippen molar-refractivity contribution in [3.63, 3.8) is 0 Å². The number of aryl methyl sites for hydroxylation is 7. The highest BCUT2D eigenvalue weighted by Gasteiger charge is 2.28. The van der Waals surface area contributed by atoms with Crippen LogP contribution in [0.15, 0.2) is 193 Å². The van der Waals surface area contributed by atoms with E-state index in [4.69, 9.17) is 10.2 Å². The van der Waals surface area contributed by atoms with Crippen molar-refractivity contribution in [1.29, 1.82) is 0 Å². The molecule has 0 aliphatic rings. The molecule has 0 saturated carbocycles. The number of thiophene rings is 1. The number of hydrogen-bond donors (Lipinski definition) is 7. The molecule has 0 bridgehead atoms. The monoisotopic (exact) mass is 1670 g/mol. The Labute approximate surface area is 705 Å². The van der Waals surface area contributed by atoms with Gasteiger partial charge in [-0.05, 0) is 174 Å². The van der Waals surface area contributed by atoms with Crippen LogP contribution < -0.4 is 46.6 Å². The molecule has 28 nitrogen and oxygen atoms in total. The Hall–Kier alpha value is -12.5. The largest absolute Gasteiger partial charge is 0.356 e. The molecule has 12 aromatic rings. The van der Waals surface area contributed by atoms with E-state index in [0.29, 0.717) is 103 Å². The van der Waals surface area contributed by atoms with Gasteiger partial charge in [-0.3, -0.25) is 49.0 Å². The summed E-state index contributed by atoms with van der Waals surface area (Å²) < 4.78 is 3.76. The zero-order valence-corrected chi connectivity index (χ0v) is 69.5. The first kappa shape index (κ1) is 85.8. The Morgan fingerprint density at radius 3 is 1.23 bits per heavy atom. The fraction of sp³-hybridized carbons (Fsp3) is 0.310. The molecule has 1 atom stereocenters. The van der Waals surface area contributed by atoms with E-state index in [1.54, 1.807) is 30.1 Å². The van der Waals surface area contributed by atoms with Crippen LogP contribution in [0.4, 0.5) is 32.8 Å². The highest BCUT2D eigenvalue weighted by molar-refractivity contribution is 7.15. The number of nitrogens with one attached hydrogen (secondary N) is 7. The number of carbonyl (C=O) groups is 8. The van der Waals surface area contributed by atoms with Crippen LogP contribution in [0.1, 0.15) is 128 Å². The van der Waals surface area contributed by atoms with E-state index in [1.165, 1.54) is 45.3 Å². The summed E-state index contributed by atoms with van der Waals surface area (Å²) >= 11 is 5.65. The van der Waals surface area contributed by atoms with Crippen LogP contribution in [-0.4, -0.2) is 123 Å². The van der Waals surface area contributed by atoms with Gasteiger partial charge in [-0.2, -0.15) is 15.3 Å². The standard InChI is InChI=1S/C87H92N20O8S4/c1-59(58-107-84(119-87(104-107)93-77(111)52-62-26-10-5-11-27-62)38-17-14-34-69-41-44-73(100-97-69)91-80(114)57-70-35-20-47-116-70)105(2)82(115)56-66-31-19-30-65(49-66)55-79(113)94-86-103-106(83(118-86)37-16-13-33-68-40-43-72(99-96-68)90-76(110)51-61-24-8-4-9-25-61)46-21-45-88-74(108)53-63-28-18-29-64(48-63)54-78(112)92-85-102-101-81(117-85)36-15-12-32-67-39-42-71(98-95-67)89-75(109)50-60-22-6-3-7-23-60/h3-11,18-20,22-31,35,39-44,47-49,59H,12-17,21,32-34,36-38,45-46,50-58H2,1-2H3,(H5-2,88,89,90,91,92,93,94,98,99,100,102,103,104,108,109,110,111,112,113,114)/p+2. The maximum atomic E-state index is 14.1. The number of unbranched alkanes of at least 4 members (excludes halogenated alkanes) is 3. The third kappa shape index (κ3) is 29.0. The minimum atomic E-state index is -0.300. The highest BCUT2D eigenvalue weighted by atomic mass is 32.1. The summed E-state index contributed by atoms with van der Waals surface area (Å²) in [4.78, 5) is 108. The predicted octanol–water partition coefficient (Wildman–Crippen LogP) is 11.1. The van der Waals surface area contributed by atoms with Gasteiger partial charge in [-0.25, -0.2) is 0 Å². The molecule has 612 valence electrons. The molecule has 7 N–H and O–H groups in total. The molecule has 119 heavy (non-hydrogen) atoms. The number of benzene rings is 5. The van der Waals surface area contributed by atoms with Gasteiger partial charge in [0.2, 0.25) is 52.4 Å². The van der Waals surface area contributed by atoms with Crippen LogP contribution in [0, 0.1) is 0 Å². The van der Waals surface area contributed by atoms with Crippen molar-refractivity contribution in [3.8, 4) is 0 Å². The second-order valence-corrected chi connectivity index (χ2v) is 33.0. The van der Waals surface area contributed by atoms with E-state index in [9.17, 15) is 38.4 Å². The number of rotatable bonds is 44. The molecular weight excluding hydrogens is 1580 g/mol. The van der Waals surface area contributed by atoms with Crippen molar-refractivity contribution in [2.75, 3.05) is 45.5 Å². The van der Waals surface area contributed by atoms with E-state index < -0.39 is 0 Å². The topological polar surface area (TPSA) is 361 Å². The van der Waals surface area contributed by atoms with Crippen LogP contribution in [0.5, 0.6) is 0 Å². The molecular formula is C87H94N20O8S4+2. The lowest BCUT2D eigenvalue weighted by atomic mass is 10.0. The van der Waals surface area contributed by atoms with Crippen LogP contribution in [0.3, 0.4) is 0 Å². The van der Waals surface area contributed by atoms with Gasteiger partial charge in [0.15, 0.2) is 30.5 Å². The molecule has 1 unspecified atom stereocenters. The summed E-state index contributed by atoms with van der Waals surface area (Å²) in [6.45, 7) is 3.14. The van der Waals surface area contributed by atoms with Crippen LogP contribution >= 0.6 is 45.3 Å². The molecule has 0 aliphatic heterocycles. The summed E-state index contributed by atoms with van der Waals surface area (Å²) in [7, 11) is 1.77. The van der Waals surface area contributed by atoms with Crippen molar-refractivity contribution >= 4 is 125 Å². The first-order valence-corrected chi connectivity index (χ1v) is 43.0. The van der Waals surface area contributed by atoms with Crippen LogP contribution in [-0.2, 0) is 141 Å². The smallest absolute Gasteiger partial charge is 0.267 e. The molecule has 0 saturated heterocycles. The highest BCUT2D eigenvalue weighted by Crippen LogP contribution is 2.24. The Morgan fingerprint density at radius 2 is 0.765 bits per heavy atom. The number of carbonyl (C=O) groups excluding carboxylic acids is 8. The third-order valence-electron chi connectivity index (χ3n) is 19.1. The van der Waals surface area contributed by atoms with Crippen molar-refractivity contribution in [2.45, 2.75) is 161 Å². The van der Waals surface area contributed by atoms with Crippen LogP contribution in [0.25, 0.3) is 0 Å². The van der Waals surface area contributed by atoms with Crippen molar-refractivity contribution in [3.05, 3.63) is 269 Å². The summed E-state index contributed by atoms with van der Waals surface area (Å²) in [6, 6.07) is 57.7. The number of aromatic nitrogens is 12. The maximum absolute atomic E-state index is 14.1. The first-order valence-electron chi connectivity index (χ1n) is 39.7. The van der Waals surface area contributed by atoms with Gasteiger partial charge in [0.05, 0.1) is 74.5 Å². The van der Waals surface area contributed by atoms with Gasteiger partial charge in [0.1, 0.15) is 5.01 Å². The number of anilines is 6. The van der Waals surface area contributed by atoms with Gasteiger partial charge in [0.25, 0.3) is 20.3 Å². The number of hydrogen-bond acceptors (Lipinski definition) is 22. The minimum absolute atomic E-state index is 0.0234. The van der Waals surface area contributed by atoms with Crippen molar-refractivity contribution in [1.82, 2.24) is 61.2 Å². The fourth-order valence-corrected chi connectivity index (χ4v) is 16.5. The molecule has 7 heterocycles. The SMILES string of the molecule is CC(C[n+]1nc(NC(=O)Cc2ccccc2)sc1CCCCc1ccc(NC(=O)Cc2cccs2)nn1)N(C)C(=O)Cc1cccc(CC(=O)Nc2n[n+](CCCNC(=O)Cc3cccc(CC(=O)Nc4nnc(CCCCc5ccc(NC(=O)Cc6ccccc6)nn5)s4)c3)c(CCCCc3ccc(NC(=O)Cc4ccccc4)nn3)s2)c1. The molecule has 32 heteroatoms. The summed E-state index contributed by atoms with van der Waals surface area (Å²) in [6.07, 6.45) is 10.5. The summed E-state index contributed by atoms with van der Waals surface area (Å²) in [5.41, 5.74) is 8.03. The fourth-order valence-electron chi connectivity index (χ4n) is 13.0. The van der Waals surface area contributed by atoms with E-state index in [1.807, 2.05) is 192 Å². The zero-order valence-electron chi connectivity index (χ0n) is 66.2. The lowest BCUT2D eigenvalue weighted by molar-refractivity contribution is -0.757. The van der Waals surface area contributed by atoms with E-state index in [2.05, 4.69) is 78.0 Å². The molecule has 8 amide bonds. The van der Waals surface area contributed by atoms with Crippen LogP contribution in [0.2, 0.25) is 0 Å². The molecule has 0 fully saturated rings. The molecule has 7 aromatic heterocycles. The molecule has 0 aliphatic carbocycles. The molecule has 0 radical (unpaired) electrons. The molecule has 12 rings (SSSR count). The molecule has 0 spiro atoms. The minimum Gasteiger partial charge on any atom is -0.356 e. The third-order valence-corrected chi connectivity index (χ3v) is 23.0. The number of nitrogens with zero attached hydrogens (tertiary/aromatic N) is 13. The summed E-state index contributed by atoms with van der Waals surface area (Å²) in [5.74, 6) is -0.356. The number of amides is 8.